The van der Waals surface area contributed by atoms with Gasteiger partial charge in [-0.1, -0.05) is 44.0 Å². The van der Waals surface area contributed by atoms with Crippen molar-refractivity contribution in [2.45, 2.75) is 32.9 Å². The Morgan fingerprint density at radius 1 is 1.50 bits per heavy atom. The van der Waals surface area contributed by atoms with Crippen LogP contribution in [0.25, 0.3) is 0 Å². The quantitative estimate of drug-likeness (QED) is 0.456. The molecule has 0 spiro atoms. The number of halogens is 1. The van der Waals surface area contributed by atoms with Crippen molar-refractivity contribution in [1.82, 2.24) is 0 Å². The normalized spacial score (nSPS) is 12.5. The number of rotatable bonds is 4. The molecule has 4 heteroatoms. The fourth-order valence-electron chi connectivity index (χ4n) is 1.26. The molecule has 1 unspecified atom stereocenters. The predicted molar refractivity (Wildman–Crippen MR) is 74.6 cm³/mol. The number of hydrogen-bond donors (Lipinski definition) is 0. The minimum Gasteiger partial charge on any atom is -0.490 e. The van der Waals surface area contributed by atoms with E-state index in [9.17, 15) is 0 Å². The minimum atomic E-state index is 0. The van der Waals surface area contributed by atoms with Crippen molar-refractivity contribution in [3.8, 4) is 0 Å². The van der Waals surface area contributed by atoms with Gasteiger partial charge in [0.2, 0.25) is 0 Å². The van der Waals surface area contributed by atoms with Crippen molar-refractivity contribution in [2.24, 2.45) is 0 Å². The second-order valence-electron chi connectivity index (χ2n) is 3.62. The Morgan fingerprint density at radius 2 is 2.12 bits per heavy atom. The van der Waals surface area contributed by atoms with Crippen molar-refractivity contribution < 1.29 is 18.9 Å². The molecule has 0 N–H and O–H groups in total. The van der Waals surface area contributed by atoms with Crippen LogP contribution in [-0.2, 0) is 0 Å². The summed E-state index contributed by atoms with van der Waals surface area (Å²) >= 11 is 11.6. The summed E-state index contributed by atoms with van der Waals surface area (Å²) in [5.74, 6) is 0. The maximum atomic E-state index is 6.16. The molecule has 0 fully saturated rings. The van der Waals surface area contributed by atoms with E-state index < -0.39 is 0 Å². The molecule has 0 aliphatic heterocycles. The Labute approximate surface area is 122 Å². The molecule has 0 amide bonds. The standard InChI is InChI=1S/C12H15ClPS.Li/c1-4-9(3)14-12(15)11-8(2)6-5-7-10(11)13;/h5-7,9H,4H2,1-3H3;/q-1;+1. The van der Waals surface area contributed by atoms with Crippen molar-refractivity contribution in [3.05, 3.63) is 34.3 Å². The van der Waals surface area contributed by atoms with Gasteiger partial charge in [0.1, 0.15) is 0 Å². The molecule has 0 aliphatic rings. The molecule has 1 aromatic rings. The van der Waals surface area contributed by atoms with E-state index in [1.807, 2.05) is 12.1 Å². The van der Waals surface area contributed by atoms with Crippen LogP contribution >= 0.6 is 32.4 Å². The van der Waals surface area contributed by atoms with Crippen LogP contribution in [0.5, 0.6) is 0 Å². The Balaban J connectivity index is 0.00000225. The van der Waals surface area contributed by atoms with E-state index in [4.69, 9.17) is 23.8 Å². The maximum Gasteiger partial charge on any atom is 1.00 e. The molecule has 0 nitrogen and oxygen atoms in total. The molecule has 1 aromatic carbocycles. The topological polar surface area (TPSA) is 0 Å². The average Bonchev–Trinajstić information content (AvgIpc) is 2.17. The molecule has 0 bridgehead atoms. The molecular formula is C12H15ClLiPS. The van der Waals surface area contributed by atoms with E-state index in [1.165, 1.54) is 14.1 Å². The van der Waals surface area contributed by atoms with Crippen LogP contribution in [0, 0.1) is 6.92 Å². The summed E-state index contributed by atoms with van der Waals surface area (Å²) in [6, 6.07) is 5.92. The van der Waals surface area contributed by atoms with Gasteiger partial charge in [-0.05, 0) is 24.1 Å². The van der Waals surface area contributed by atoms with E-state index in [-0.39, 0.29) is 18.9 Å². The van der Waals surface area contributed by atoms with Crippen molar-refractivity contribution >= 4 is 37.0 Å². The van der Waals surface area contributed by atoms with Gasteiger partial charge in [-0.25, -0.2) is 0 Å². The van der Waals surface area contributed by atoms with Crippen molar-refractivity contribution in [3.63, 3.8) is 0 Å². The van der Waals surface area contributed by atoms with Crippen LogP contribution in [0.4, 0.5) is 0 Å². The summed E-state index contributed by atoms with van der Waals surface area (Å²) in [5.41, 5.74) is 2.83. The first-order valence-corrected chi connectivity index (χ1v) is 6.81. The first-order valence-electron chi connectivity index (χ1n) is 5.06. The zero-order chi connectivity index (χ0) is 11.4. The second-order valence-corrected chi connectivity index (χ2v) is 6.33. The molecule has 1 rings (SSSR count). The monoisotopic (exact) mass is 264 g/mol. The van der Waals surface area contributed by atoms with Gasteiger partial charge < -0.3 is 8.58 Å². The van der Waals surface area contributed by atoms with Crippen LogP contribution < -0.4 is 18.9 Å². The molecule has 0 heterocycles. The van der Waals surface area contributed by atoms with E-state index in [0.717, 1.165) is 21.6 Å². The first kappa shape index (κ1) is 16.6. The van der Waals surface area contributed by atoms with Crippen LogP contribution in [0.1, 0.15) is 31.4 Å². The van der Waals surface area contributed by atoms with E-state index in [1.54, 1.807) is 0 Å². The first-order chi connectivity index (χ1) is 7.06. The van der Waals surface area contributed by atoms with Gasteiger partial charge in [0.25, 0.3) is 0 Å². The molecule has 0 aliphatic carbocycles. The zero-order valence-electron chi connectivity index (χ0n) is 10.2. The Morgan fingerprint density at radius 3 is 2.62 bits per heavy atom. The third kappa shape index (κ3) is 4.48. The molecule has 0 saturated heterocycles. The smallest absolute Gasteiger partial charge is 0.490 e. The molecule has 0 radical (unpaired) electrons. The Bertz CT molecular complexity index is 348. The summed E-state index contributed by atoms with van der Waals surface area (Å²) < 4.78 is 0.965. The van der Waals surface area contributed by atoms with E-state index in [2.05, 4.69) is 26.8 Å². The van der Waals surface area contributed by atoms with E-state index in [0.29, 0.717) is 5.66 Å². The average molecular weight is 265 g/mol. The summed E-state index contributed by atoms with van der Waals surface area (Å²) in [7, 11) is 1.21. The van der Waals surface area contributed by atoms with E-state index >= 15 is 0 Å². The Kier molecular flexibility index (Phi) is 8.17. The third-order valence-corrected chi connectivity index (χ3v) is 4.46. The van der Waals surface area contributed by atoms with Crippen molar-refractivity contribution in [2.75, 3.05) is 0 Å². The van der Waals surface area contributed by atoms with Gasteiger partial charge in [-0.2, -0.15) is 5.66 Å². The fourth-order valence-corrected chi connectivity index (χ4v) is 3.52. The number of thiocarbonyl (C=S) groups is 1. The number of hydrogen-bond acceptors (Lipinski definition) is 1. The zero-order valence-corrected chi connectivity index (χ0v) is 12.7. The fraction of sp³-hybridized carbons (Fsp3) is 0.417. The summed E-state index contributed by atoms with van der Waals surface area (Å²) in [6.07, 6.45) is 1.14. The summed E-state index contributed by atoms with van der Waals surface area (Å²) in [5, 5.41) is 0.774. The largest absolute Gasteiger partial charge is 1.00 e. The molecule has 82 valence electrons. The molecule has 0 aromatic heterocycles. The summed E-state index contributed by atoms with van der Waals surface area (Å²) in [6.45, 7) is 6.44. The third-order valence-electron chi connectivity index (χ3n) is 2.36. The second kappa shape index (κ2) is 7.86. The van der Waals surface area contributed by atoms with Gasteiger partial charge in [-0.15, -0.1) is 16.8 Å². The molecule has 16 heavy (non-hydrogen) atoms. The predicted octanol–water partition coefficient (Wildman–Crippen LogP) is 2.07. The van der Waals surface area contributed by atoms with Crippen LogP contribution in [0.3, 0.4) is 0 Å². The minimum absolute atomic E-state index is 0. The van der Waals surface area contributed by atoms with Gasteiger partial charge in [0, 0.05) is 5.02 Å². The van der Waals surface area contributed by atoms with Gasteiger partial charge >= 0.3 is 18.9 Å². The maximum absolute atomic E-state index is 6.16. The van der Waals surface area contributed by atoms with Crippen LogP contribution in [0.2, 0.25) is 5.02 Å². The molecule has 0 saturated carbocycles. The Hall–Kier alpha value is 0.627. The van der Waals surface area contributed by atoms with Crippen LogP contribution in [-0.4, -0.2) is 10.3 Å². The number of aryl methyl sites for hydroxylation is 1. The molecule has 1 atom stereocenters. The van der Waals surface area contributed by atoms with Crippen LogP contribution in [0.15, 0.2) is 18.2 Å². The van der Waals surface area contributed by atoms with Gasteiger partial charge in [-0.3, -0.25) is 0 Å². The van der Waals surface area contributed by atoms with Crippen molar-refractivity contribution in [1.29, 1.82) is 0 Å². The van der Waals surface area contributed by atoms with Gasteiger partial charge in [0.05, 0.1) is 0 Å². The number of benzene rings is 1. The summed E-state index contributed by atoms with van der Waals surface area (Å²) in [4.78, 5) is 0. The van der Waals surface area contributed by atoms with Gasteiger partial charge in [0.15, 0.2) is 0 Å². The SMILES string of the molecule is CCC(C)[P-]C(=S)c1c(C)cccc1Cl.[Li+]. The molecular weight excluding hydrogens is 250 g/mol.